The second-order valence-corrected chi connectivity index (χ2v) is 5.64. The highest BCUT2D eigenvalue weighted by Gasteiger charge is 2.14. The van der Waals surface area contributed by atoms with Crippen molar-refractivity contribution < 1.29 is 19.0 Å². The number of hydrogen-bond donors (Lipinski definition) is 1. The first-order valence-electron chi connectivity index (χ1n) is 7.65. The smallest absolute Gasteiger partial charge is 0.238 e. The number of amides is 1. The summed E-state index contributed by atoms with van der Waals surface area (Å²) in [7, 11) is 3.50. The van der Waals surface area contributed by atoms with Crippen molar-refractivity contribution in [3.8, 4) is 17.2 Å². The number of nitrogens with one attached hydrogen (secondary N) is 1. The number of carbonyl (C=O) groups excluding carboxylic acids is 1. The number of likely N-dealkylation sites (N-methyl/N-ethyl adjacent to an activating group) is 1. The van der Waals surface area contributed by atoms with Gasteiger partial charge < -0.3 is 19.5 Å². The summed E-state index contributed by atoms with van der Waals surface area (Å²) in [5.74, 6) is 2.15. The lowest BCUT2D eigenvalue weighted by atomic mass is 10.2. The van der Waals surface area contributed by atoms with E-state index in [-0.39, 0.29) is 19.2 Å². The SMILES string of the molecule is COc1cccc(NC(=O)CN(C)Cc2ccc3c(c2)OCO3)c1. The Kier molecular flexibility index (Phi) is 4.86. The van der Waals surface area contributed by atoms with E-state index >= 15 is 0 Å². The topological polar surface area (TPSA) is 60.0 Å². The van der Waals surface area contributed by atoms with Gasteiger partial charge in [0.15, 0.2) is 11.5 Å². The number of benzene rings is 2. The fraction of sp³-hybridized carbons (Fsp3) is 0.278. The van der Waals surface area contributed by atoms with Gasteiger partial charge in [0.1, 0.15) is 5.75 Å². The molecule has 0 fully saturated rings. The van der Waals surface area contributed by atoms with Crippen molar-refractivity contribution in [2.24, 2.45) is 0 Å². The number of ether oxygens (including phenoxy) is 3. The molecule has 0 aromatic heterocycles. The van der Waals surface area contributed by atoms with Gasteiger partial charge in [-0.2, -0.15) is 0 Å². The van der Waals surface area contributed by atoms with Crippen LogP contribution in [0.5, 0.6) is 17.2 Å². The van der Waals surface area contributed by atoms with E-state index in [2.05, 4.69) is 5.32 Å². The normalized spacial score (nSPS) is 12.3. The summed E-state index contributed by atoms with van der Waals surface area (Å²) >= 11 is 0. The highest BCUT2D eigenvalue weighted by atomic mass is 16.7. The lowest BCUT2D eigenvalue weighted by Crippen LogP contribution is -2.29. The summed E-state index contributed by atoms with van der Waals surface area (Å²) in [5, 5.41) is 2.87. The molecule has 6 heteroatoms. The molecule has 0 bridgehead atoms. The molecule has 0 aliphatic carbocycles. The Balaban J connectivity index is 1.54. The number of hydrogen-bond acceptors (Lipinski definition) is 5. The molecule has 126 valence electrons. The Bertz CT molecular complexity index is 733. The molecule has 3 rings (SSSR count). The average molecular weight is 328 g/mol. The van der Waals surface area contributed by atoms with Crippen molar-refractivity contribution in [1.29, 1.82) is 0 Å². The van der Waals surface area contributed by atoms with Gasteiger partial charge in [0.2, 0.25) is 12.7 Å². The minimum Gasteiger partial charge on any atom is -0.497 e. The molecule has 0 radical (unpaired) electrons. The van der Waals surface area contributed by atoms with E-state index in [1.54, 1.807) is 13.2 Å². The molecule has 1 aliphatic rings. The van der Waals surface area contributed by atoms with E-state index in [1.165, 1.54) is 0 Å². The van der Waals surface area contributed by atoms with Crippen molar-refractivity contribution in [2.75, 3.05) is 32.8 Å². The van der Waals surface area contributed by atoms with Crippen LogP contribution in [0, 0.1) is 0 Å². The third-order valence-corrected chi connectivity index (χ3v) is 3.66. The lowest BCUT2D eigenvalue weighted by molar-refractivity contribution is -0.117. The van der Waals surface area contributed by atoms with Gasteiger partial charge in [-0.15, -0.1) is 0 Å². The Labute approximate surface area is 140 Å². The van der Waals surface area contributed by atoms with Gasteiger partial charge >= 0.3 is 0 Å². The second kappa shape index (κ2) is 7.23. The van der Waals surface area contributed by atoms with Crippen LogP contribution in [-0.2, 0) is 11.3 Å². The van der Waals surface area contributed by atoms with Gasteiger partial charge in [-0.1, -0.05) is 12.1 Å². The molecule has 2 aromatic rings. The van der Waals surface area contributed by atoms with E-state index in [1.807, 2.05) is 48.3 Å². The third kappa shape index (κ3) is 3.97. The lowest BCUT2D eigenvalue weighted by Gasteiger charge is -2.16. The van der Waals surface area contributed by atoms with Crippen LogP contribution in [0.4, 0.5) is 5.69 Å². The number of methoxy groups -OCH3 is 1. The summed E-state index contributed by atoms with van der Waals surface area (Å²) in [6.45, 7) is 1.19. The van der Waals surface area contributed by atoms with Crippen LogP contribution in [0.15, 0.2) is 42.5 Å². The minimum absolute atomic E-state index is 0.0773. The first-order chi connectivity index (χ1) is 11.6. The Morgan fingerprint density at radius 2 is 2.04 bits per heavy atom. The van der Waals surface area contributed by atoms with Crippen LogP contribution in [0.1, 0.15) is 5.56 Å². The van der Waals surface area contributed by atoms with Crippen LogP contribution in [0.2, 0.25) is 0 Å². The van der Waals surface area contributed by atoms with Gasteiger partial charge in [-0.25, -0.2) is 0 Å². The zero-order valence-electron chi connectivity index (χ0n) is 13.7. The maximum Gasteiger partial charge on any atom is 0.238 e. The largest absolute Gasteiger partial charge is 0.497 e. The maximum absolute atomic E-state index is 12.2. The van der Waals surface area contributed by atoms with Crippen LogP contribution in [-0.4, -0.2) is 38.3 Å². The van der Waals surface area contributed by atoms with E-state index in [4.69, 9.17) is 14.2 Å². The number of carbonyl (C=O) groups is 1. The summed E-state index contributed by atoms with van der Waals surface area (Å²) in [4.78, 5) is 14.1. The Hall–Kier alpha value is -2.73. The predicted molar refractivity (Wildman–Crippen MR) is 90.5 cm³/mol. The minimum atomic E-state index is -0.0773. The molecular weight excluding hydrogens is 308 g/mol. The number of rotatable bonds is 6. The Morgan fingerprint density at radius 3 is 2.88 bits per heavy atom. The van der Waals surface area contributed by atoms with Crippen molar-refractivity contribution >= 4 is 11.6 Å². The van der Waals surface area contributed by atoms with E-state index in [0.29, 0.717) is 12.3 Å². The monoisotopic (exact) mass is 328 g/mol. The summed E-state index contributed by atoms with van der Waals surface area (Å²) < 4.78 is 15.8. The second-order valence-electron chi connectivity index (χ2n) is 5.64. The highest BCUT2D eigenvalue weighted by Crippen LogP contribution is 2.32. The molecule has 0 saturated carbocycles. The zero-order chi connectivity index (χ0) is 16.9. The first kappa shape index (κ1) is 16.1. The highest BCUT2D eigenvalue weighted by molar-refractivity contribution is 5.92. The van der Waals surface area contributed by atoms with Gasteiger partial charge in [-0.05, 0) is 36.9 Å². The van der Waals surface area contributed by atoms with Crippen molar-refractivity contribution in [3.63, 3.8) is 0 Å². The van der Waals surface area contributed by atoms with Crippen LogP contribution in [0.25, 0.3) is 0 Å². The van der Waals surface area contributed by atoms with Crippen LogP contribution in [0.3, 0.4) is 0 Å². The molecule has 0 spiro atoms. The third-order valence-electron chi connectivity index (χ3n) is 3.66. The number of nitrogens with zero attached hydrogens (tertiary/aromatic N) is 1. The summed E-state index contributed by atoms with van der Waals surface area (Å²) in [6.07, 6.45) is 0. The number of anilines is 1. The fourth-order valence-electron chi connectivity index (χ4n) is 2.55. The quantitative estimate of drug-likeness (QED) is 0.883. The molecule has 1 N–H and O–H groups in total. The zero-order valence-corrected chi connectivity index (χ0v) is 13.7. The van der Waals surface area contributed by atoms with Crippen LogP contribution >= 0.6 is 0 Å². The molecule has 0 atom stereocenters. The standard InChI is InChI=1S/C18H20N2O4/c1-20(10-13-6-7-16-17(8-13)24-12-23-16)11-18(21)19-14-4-3-5-15(9-14)22-2/h3-9H,10-12H2,1-2H3,(H,19,21). The average Bonchev–Trinajstić information content (AvgIpc) is 3.02. The van der Waals surface area contributed by atoms with E-state index in [9.17, 15) is 4.79 Å². The molecule has 24 heavy (non-hydrogen) atoms. The fourth-order valence-corrected chi connectivity index (χ4v) is 2.55. The first-order valence-corrected chi connectivity index (χ1v) is 7.65. The Morgan fingerprint density at radius 1 is 1.21 bits per heavy atom. The van der Waals surface area contributed by atoms with E-state index in [0.717, 1.165) is 22.7 Å². The van der Waals surface area contributed by atoms with Crippen molar-refractivity contribution in [3.05, 3.63) is 48.0 Å². The predicted octanol–water partition coefficient (Wildman–Crippen LogP) is 2.49. The van der Waals surface area contributed by atoms with Gasteiger partial charge in [0.05, 0.1) is 13.7 Å². The van der Waals surface area contributed by atoms with Crippen molar-refractivity contribution in [2.45, 2.75) is 6.54 Å². The van der Waals surface area contributed by atoms with Gasteiger partial charge in [-0.3, -0.25) is 9.69 Å². The molecule has 6 nitrogen and oxygen atoms in total. The molecule has 1 aliphatic heterocycles. The molecular formula is C18H20N2O4. The summed E-state index contributed by atoms with van der Waals surface area (Å²) in [6, 6.07) is 13.1. The van der Waals surface area contributed by atoms with Gasteiger partial charge in [0.25, 0.3) is 0 Å². The number of fused-ring (bicyclic) bond motifs is 1. The molecule has 0 unspecified atom stereocenters. The van der Waals surface area contributed by atoms with E-state index < -0.39 is 0 Å². The molecule has 1 amide bonds. The van der Waals surface area contributed by atoms with Crippen molar-refractivity contribution in [1.82, 2.24) is 4.90 Å². The van der Waals surface area contributed by atoms with Gasteiger partial charge in [0, 0.05) is 18.3 Å². The molecule has 1 heterocycles. The molecule has 0 saturated heterocycles. The molecule has 2 aromatic carbocycles. The summed E-state index contributed by atoms with van der Waals surface area (Å²) in [5.41, 5.74) is 1.78. The maximum atomic E-state index is 12.2. The van der Waals surface area contributed by atoms with Crippen LogP contribution < -0.4 is 19.5 Å².